The molecule has 0 aliphatic heterocycles. The summed E-state index contributed by atoms with van der Waals surface area (Å²) < 4.78 is 6.32. The summed E-state index contributed by atoms with van der Waals surface area (Å²) in [6.07, 6.45) is 0. The molecule has 0 amide bonds. The molecular formula is C9H7BrOS2. The van der Waals surface area contributed by atoms with Gasteiger partial charge in [0.2, 0.25) is 0 Å². The summed E-state index contributed by atoms with van der Waals surface area (Å²) in [7, 11) is 1.69. The van der Waals surface area contributed by atoms with Crippen molar-refractivity contribution >= 4 is 38.6 Å². The zero-order valence-electron chi connectivity index (χ0n) is 6.91. The van der Waals surface area contributed by atoms with Gasteiger partial charge in [-0.05, 0) is 39.5 Å². The molecule has 2 rings (SSSR count). The highest BCUT2D eigenvalue weighted by atomic mass is 79.9. The Kier molecular flexibility index (Phi) is 2.71. The van der Waals surface area contributed by atoms with Gasteiger partial charge in [0.15, 0.2) is 5.06 Å². The largest absolute Gasteiger partial charge is 0.487 e. The number of thiophene rings is 2. The Morgan fingerprint density at radius 3 is 2.69 bits per heavy atom. The third kappa shape index (κ3) is 1.80. The van der Waals surface area contributed by atoms with Crippen LogP contribution in [0.25, 0.3) is 10.4 Å². The van der Waals surface area contributed by atoms with Crippen LogP contribution >= 0.6 is 38.6 Å². The lowest BCUT2D eigenvalue weighted by atomic mass is 10.3. The number of halogens is 1. The first-order chi connectivity index (χ1) is 6.31. The third-order valence-electron chi connectivity index (χ3n) is 1.67. The van der Waals surface area contributed by atoms with E-state index in [-0.39, 0.29) is 0 Å². The molecule has 4 heteroatoms. The molecule has 0 atom stereocenters. The lowest BCUT2D eigenvalue weighted by Crippen LogP contribution is -1.73. The molecule has 2 heterocycles. The van der Waals surface area contributed by atoms with Crippen LogP contribution in [0, 0.1) is 0 Å². The van der Waals surface area contributed by atoms with E-state index in [1.807, 2.05) is 6.07 Å². The second-order valence-corrected chi connectivity index (χ2v) is 5.71. The van der Waals surface area contributed by atoms with Gasteiger partial charge < -0.3 is 4.74 Å². The monoisotopic (exact) mass is 274 g/mol. The predicted octanol–water partition coefficient (Wildman–Crippen LogP) is 4.25. The van der Waals surface area contributed by atoms with Gasteiger partial charge in [-0.3, -0.25) is 0 Å². The fourth-order valence-corrected chi connectivity index (χ4v) is 3.39. The van der Waals surface area contributed by atoms with Gasteiger partial charge >= 0.3 is 0 Å². The molecule has 0 spiro atoms. The molecular weight excluding hydrogens is 268 g/mol. The smallest absolute Gasteiger partial charge is 0.173 e. The van der Waals surface area contributed by atoms with E-state index in [9.17, 15) is 0 Å². The Morgan fingerprint density at radius 2 is 2.15 bits per heavy atom. The quantitative estimate of drug-likeness (QED) is 0.796. The minimum absolute atomic E-state index is 0.952. The van der Waals surface area contributed by atoms with Gasteiger partial charge in [0.25, 0.3) is 0 Å². The Hall–Kier alpha value is -0.320. The van der Waals surface area contributed by atoms with Crippen LogP contribution in [0.4, 0.5) is 0 Å². The lowest BCUT2D eigenvalue weighted by molar-refractivity contribution is 0.427. The van der Waals surface area contributed by atoms with Crippen LogP contribution in [0.15, 0.2) is 27.4 Å². The van der Waals surface area contributed by atoms with E-state index >= 15 is 0 Å². The molecule has 2 aromatic heterocycles. The van der Waals surface area contributed by atoms with Crippen molar-refractivity contribution in [2.45, 2.75) is 0 Å². The van der Waals surface area contributed by atoms with Crippen LogP contribution in [-0.2, 0) is 0 Å². The summed E-state index contributed by atoms with van der Waals surface area (Å²) >= 11 is 6.88. The van der Waals surface area contributed by atoms with Gasteiger partial charge in [0.1, 0.15) is 0 Å². The Morgan fingerprint density at radius 1 is 1.31 bits per heavy atom. The van der Waals surface area contributed by atoms with Gasteiger partial charge in [-0.15, -0.1) is 11.3 Å². The summed E-state index contributed by atoms with van der Waals surface area (Å²) in [4.78, 5) is 1.24. The van der Waals surface area contributed by atoms with Crippen LogP contribution < -0.4 is 4.74 Å². The van der Waals surface area contributed by atoms with Crippen LogP contribution in [0.1, 0.15) is 0 Å². The second kappa shape index (κ2) is 3.82. The molecule has 0 aliphatic carbocycles. The molecule has 1 nitrogen and oxygen atoms in total. The van der Waals surface area contributed by atoms with Crippen molar-refractivity contribution in [2.24, 2.45) is 0 Å². The normalized spacial score (nSPS) is 10.3. The Labute approximate surface area is 93.1 Å². The van der Waals surface area contributed by atoms with Gasteiger partial charge in [0.05, 0.1) is 10.9 Å². The second-order valence-electron chi connectivity index (χ2n) is 2.43. The highest BCUT2D eigenvalue weighted by molar-refractivity contribution is 9.11. The molecule has 0 bridgehead atoms. The van der Waals surface area contributed by atoms with E-state index in [1.165, 1.54) is 14.2 Å². The molecule has 0 aromatic carbocycles. The number of rotatable bonds is 2. The average molecular weight is 275 g/mol. The first-order valence-corrected chi connectivity index (χ1v) is 6.17. The maximum absolute atomic E-state index is 5.14. The van der Waals surface area contributed by atoms with E-state index in [0.29, 0.717) is 0 Å². The number of methoxy groups -OCH3 is 1. The molecule has 0 fully saturated rings. The summed E-state index contributed by atoms with van der Waals surface area (Å²) in [5.74, 6) is 0. The zero-order valence-corrected chi connectivity index (χ0v) is 10.1. The maximum Gasteiger partial charge on any atom is 0.173 e. The van der Waals surface area contributed by atoms with Crippen molar-refractivity contribution in [3.8, 4) is 15.5 Å². The zero-order chi connectivity index (χ0) is 9.26. The van der Waals surface area contributed by atoms with E-state index in [2.05, 4.69) is 33.4 Å². The molecule has 68 valence electrons. The predicted molar refractivity (Wildman–Crippen MR) is 61.9 cm³/mol. The highest BCUT2D eigenvalue weighted by Gasteiger charge is 2.07. The molecule has 13 heavy (non-hydrogen) atoms. The minimum atomic E-state index is 0.952. The topological polar surface area (TPSA) is 9.23 Å². The Bertz CT molecular complexity index is 405. The van der Waals surface area contributed by atoms with Gasteiger partial charge in [-0.2, -0.15) is 0 Å². The molecule has 2 aromatic rings. The lowest BCUT2D eigenvalue weighted by Gasteiger charge is -1.92. The molecule has 0 saturated heterocycles. The van der Waals surface area contributed by atoms with E-state index in [0.717, 1.165) is 5.06 Å². The highest BCUT2D eigenvalue weighted by Crippen LogP contribution is 2.39. The van der Waals surface area contributed by atoms with E-state index in [4.69, 9.17) is 4.74 Å². The standard InChI is InChI=1S/C9H7BrOS2/c1-11-8-3-2-7(13-8)6-4-5-12-9(6)10/h2-5H,1H3. The molecule has 0 unspecified atom stereocenters. The maximum atomic E-state index is 5.14. The van der Waals surface area contributed by atoms with Crippen LogP contribution in [0.3, 0.4) is 0 Å². The number of ether oxygens (including phenoxy) is 1. The van der Waals surface area contributed by atoms with Gasteiger partial charge in [0, 0.05) is 10.4 Å². The Balaban J connectivity index is 2.41. The number of hydrogen-bond acceptors (Lipinski definition) is 3. The molecule has 0 radical (unpaired) electrons. The minimum Gasteiger partial charge on any atom is -0.487 e. The van der Waals surface area contributed by atoms with Crippen molar-refractivity contribution in [1.29, 1.82) is 0 Å². The molecule has 0 aliphatic rings. The van der Waals surface area contributed by atoms with Gasteiger partial charge in [-0.1, -0.05) is 11.3 Å². The third-order valence-corrected chi connectivity index (χ3v) is 4.43. The van der Waals surface area contributed by atoms with Crippen LogP contribution in [0.5, 0.6) is 5.06 Å². The molecule has 0 N–H and O–H groups in total. The first kappa shape index (κ1) is 9.24. The van der Waals surface area contributed by atoms with Crippen molar-refractivity contribution in [2.75, 3.05) is 7.11 Å². The summed E-state index contributed by atoms with van der Waals surface area (Å²) in [5.41, 5.74) is 1.25. The summed E-state index contributed by atoms with van der Waals surface area (Å²) in [6, 6.07) is 6.18. The van der Waals surface area contributed by atoms with Crippen LogP contribution in [0.2, 0.25) is 0 Å². The van der Waals surface area contributed by atoms with Crippen molar-refractivity contribution < 1.29 is 4.74 Å². The average Bonchev–Trinajstić information content (AvgIpc) is 2.71. The number of hydrogen-bond donors (Lipinski definition) is 0. The molecule has 0 saturated carbocycles. The van der Waals surface area contributed by atoms with Crippen LogP contribution in [-0.4, -0.2) is 7.11 Å². The fraction of sp³-hybridized carbons (Fsp3) is 0.111. The first-order valence-electron chi connectivity index (χ1n) is 3.68. The summed E-state index contributed by atoms with van der Waals surface area (Å²) in [6.45, 7) is 0. The van der Waals surface area contributed by atoms with Crippen molar-refractivity contribution in [3.05, 3.63) is 27.4 Å². The van der Waals surface area contributed by atoms with Gasteiger partial charge in [-0.25, -0.2) is 0 Å². The summed E-state index contributed by atoms with van der Waals surface area (Å²) in [5, 5.41) is 3.03. The van der Waals surface area contributed by atoms with E-state index in [1.54, 1.807) is 29.8 Å². The SMILES string of the molecule is COc1ccc(-c2ccsc2Br)s1. The van der Waals surface area contributed by atoms with Crippen molar-refractivity contribution in [1.82, 2.24) is 0 Å². The van der Waals surface area contributed by atoms with Crippen molar-refractivity contribution in [3.63, 3.8) is 0 Å². The van der Waals surface area contributed by atoms with E-state index < -0.39 is 0 Å². The fourth-order valence-electron chi connectivity index (χ4n) is 1.04.